The largest absolute Gasteiger partial charge is 0.311 e. The summed E-state index contributed by atoms with van der Waals surface area (Å²) < 4.78 is 2.55. The first-order valence-corrected chi connectivity index (χ1v) is 44.8. The van der Waals surface area contributed by atoms with Crippen LogP contribution >= 0.6 is 0 Å². The van der Waals surface area contributed by atoms with Gasteiger partial charge in [0.25, 0.3) is 6.71 Å². The smallest absolute Gasteiger partial charge is 0.252 e. The fourth-order valence-electron chi connectivity index (χ4n) is 19.3. The van der Waals surface area contributed by atoms with Crippen LogP contribution in [-0.4, -0.2) is 27.4 Å². The van der Waals surface area contributed by atoms with E-state index in [1.807, 2.05) is 0 Å². The molecule has 0 unspecified atom stereocenters. The van der Waals surface area contributed by atoms with Crippen LogP contribution in [0.25, 0.3) is 72.0 Å². The molecule has 20 rings (SSSR count). The Labute approximate surface area is 684 Å². The van der Waals surface area contributed by atoms with Crippen LogP contribution in [0.2, 0.25) is 0 Å². The molecule has 6 heteroatoms. The molecule has 1 aromatic heterocycles. The number of anilines is 6. The molecular formula is C110H88BN3Si2. The van der Waals surface area contributed by atoms with Crippen LogP contribution in [-0.2, 0) is 10.8 Å². The first kappa shape index (κ1) is 71.7. The van der Waals surface area contributed by atoms with Crippen molar-refractivity contribution in [1.82, 2.24) is 4.57 Å². The molecule has 18 aromatic rings. The summed E-state index contributed by atoms with van der Waals surface area (Å²) in [5, 5.41) is 12.9. The first-order chi connectivity index (χ1) is 56.8. The van der Waals surface area contributed by atoms with Gasteiger partial charge < -0.3 is 14.4 Å². The van der Waals surface area contributed by atoms with Crippen molar-refractivity contribution in [2.24, 2.45) is 0 Å². The fourth-order valence-corrected chi connectivity index (χ4v) is 28.9. The van der Waals surface area contributed by atoms with Crippen LogP contribution in [0.5, 0.6) is 0 Å². The van der Waals surface area contributed by atoms with Gasteiger partial charge in [-0.05, 0) is 185 Å². The molecule has 0 N–H and O–H groups in total. The number of aromatic nitrogens is 1. The van der Waals surface area contributed by atoms with Crippen molar-refractivity contribution in [3.8, 4) is 50.2 Å². The van der Waals surface area contributed by atoms with E-state index < -0.39 is 16.1 Å². The highest BCUT2D eigenvalue weighted by Gasteiger charge is 2.48. The van der Waals surface area contributed by atoms with E-state index in [0.29, 0.717) is 0 Å². The molecule has 0 radical (unpaired) electrons. The Morgan fingerprint density at radius 2 is 0.534 bits per heavy atom. The number of hydrogen-bond acceptors (Lipinski definition) is 2. The SMILES string of the molecule is CC(C)(C)c1ccc(-c2ccc3c(c2)B2c4cc(-c5ccc(C(C)(C)C)cc5-c5ccccc5)ccc4N(c4cccc([Si](c5ccccc5)(c5ccccc5)c5ccccc5)c4)c4cc(-n5c6ccccc6c6ccccc65)cc(c42)N3c2cccc([Si](c3ccccc3)(c3ccccc3)c3ccccc3)c2)c(-c2ccccc2)c1. The number of benzene rings is 17. The second-order valence-corrected chi connectivity index (χ2v) is 41.1. The van der Waals surface area contributed by atoms with Gasteiger partial charge in [-0.1, -0.05) is 406 Å². The Morgan fingerprint density at radius 3 is 0.871 bits per heavy atom. The van der Waals surface area contributed by atoms with Gasteiger partial charge in [0.2, 0.25) is 0 Å². The third-order valence-corrected chi connectivity index (χ3v) is 34.3. The van der Waals surface area contributed by atoms with Gasteiger partial charge in [0, 0.05) is 44.9 Å². The van der Waals surface area contributed by atoms with E-state index >= 15 is 0 Å². The van der Waals surface area contributed by atoms with Crippen molar-refractivity contribution in [3.63, 3.8) is 0 Å². The quantitative estimate of drug-likeness (QED) is 0.0749. The van der Waals surface area contributed by atoms with E-state index in [1.165, 1.54) is 113 Å². The summed E-state index contributed by atoms with van der Waals surface area (Å²) in [6.07, 6.45) is 0. The highest BCUT2D eigenvalue weighted by atomic mass is 28.3. The monoisotopic (exact) mass is 1520 g/mol. The predicted octanol–water partition coefficient (Wildman–Crippen LogP) is 20.9. The van der Waals surface area contributed by atoms with Crippen LogP contribution < -0.4 is 67.7 Å². The molecule has 0 saturated heterocycles. The molecular weight excluding hydrogens is 1430 g/mol. The van der Waals surface area contributed by atoms with Gasteiger partial charge in [-0.25, -0.2) is 0 Å². The van der Waals surface area contributed by atoms with Crippen molar-refractivity contribution in [2.45, 2.75) is 52.4 Å². The molecule has 0 spiro atoms. The van der Waals surface area contributed by atoms with Crippen LogP contribution in [0, 0.1) is 0 Å². The molecule has 2 aliphatic heterocycles. The summed E-state index contributed by atoms with van der Waals surface area (Å²) in [7, 11) is -6.28. The maximum absolute atomic E-state index is 3.14. The normalized spacial score (nSPS) is 12.7. The van der Waals surface area contributed by atoms with Gasteiger partial charge in [-0.2, -0.15) is 0 Å². The second kappa shape index (κ2) is 28.9. The Hall–Kier alpha value is -13.4. The zero-order valence-electron chi connectivity index (χ0n) is 66.3. The highest BCUT2D eigenvalue weighted by molar-refractivity contribution is 7.20. The lowest BCUT2D eigenvalue weighted by atomic mass is 9.33. The zero-order valence-corrected chi connectivity index (χ0v) is 68.3. The Bertz CT molecular complexity index is 6120. The molecule has 17 aromatic carbocycles. The topological polar surface area (TPSA) is 11.4 Å². The molecule has 0 bridgehead atoms. The summed E-state index contributed by atoms with van der Waals surface area (Å²) in [6.45, 7) is 13.7. The van der Waals surface area contributed by atoms with Crippen LogP contribution in [0.4, 0.5) is 34.1 Å². The molecule has 2 aliphatic rings. The molecule has 0 amide bonds. The maximum Gasteiger partial charge on any atom is 0.252 e. The third kappa shape index (κ3) is 12.0. The summed E-state index contributed by atoms with van der Waals surface area (Å²) in [5.74, 6) is 0. The average Bonchev–Trinajstić information content (AvgIpc) is 0.749. The average molecular weight is 1520 g/mol. The minimum Gasteiger partial charge on any atom is -0.311 e. The molecule has 0 fully saturated rings. The zero-order chi connectivity index (χ0) is 78.3. The van der Waals surface area contributed by atoms with E-state index in [0.717, 1.165) is 62.0 Å². The van der Waals surface area contributed by atoms with E-state index in [9.17, 15) is 0 Å². The van der Waals surface area contributed by atoms with E-state index in [-0.39, 0.29) is 17.5 Å². The van der Waals surface area contributed by atoms with Gasteiger partial charge in [0.1, 0.15) is 0 Å². The lowest BCUT2D eigenvalue weighted by Gasteiger charge is -2.45. The number of rotatable bonds is 15. The Morgan fingerprint density at radius 1 is 0.224 bits per heavy atom. The van der Waals surface area contributed by atoms with Crippen molar-refractivity contribution < 1.29 is 0 Å². The maximum atomic E-state index is 2.68. The minimum absolute atomic E-state index is 0.0935. The van der Waals surface area contributed by atoms with Gasteiger partial charge in [0.05, 0.1) is 16.7 Å². The van der Waals surface area contributed by atoms with Crippen molar-refractivity contribution in [1.29, 1.82) is 0 Å². The van der Waals surface area contributed by atoms with E-state index in [4.69, 9.17) is 0 Å². The van der Waals surface area contributed by atoms with Crippen molar-refractivity contribution >= 4 is 137 Å². The van der Waals surface area contributed by atoms with E-state index in [2.05, 4.69) is 481 Å². The van der Waals surface area contributed by atoms with Gasteiger partial charge in [0.15, 0.2) is 16.1 Å². The van der Waals surface area contributed by atoms with Crippen LogP contribution in [0.3, 0.4) is 0 Å². The number of hydrogen-bond donors (Lipinski definition) is 0. The Balaban J connectivity index is 0.941. The molecule has 554 valence electrons. The summed E-state index contributed by atoms with van der Waals surface area (Å²) in [5.41, 5.74) is 25.6. The van der Waals surface area contributed by atoms with Gasteiger partial charge in [-0.15, -0.1) is 0 Å². The van der Waals surface area contributed by atoms with Gasteiger partial charge >= 0.3 is 0 Å². The van der Waals surface area contributed by atoms with Crippen molar-refractivity contribution in [2.75, 3.05) is 9.80 Å². The predicted molar refractivity (Wildman–Crippen MR) is 501 cm³/mol. The summed E-state index contributed by atoms with van der Waals surface area (Å²) >= 11 is 0. The molecule has 3 nitrogen and oxygen atoms in total. The minimum atomic E-state index is -3.14. The standard InChI is InChI=1S/C110H88BN3Si2/c1-109(2,3)81-63-65-94(98(71-81)77-37-15-7-16-38-77)79-61-67-104-100(69-79)111-101-70-80(95-66-64-82(110(4,5)6)72-99(95)78-39-17-8-18-40-78)62-68-105(101)113(84-42-36-56-93(74-84)116(89-49-25-12-26-50-89,90-51-27-13-28-52-90)91-53-29-14-30-54-91)107-76-85(114-102-59-33-31-57-96(102)97-58-32-34-60-103(97)114)75-106(108(107)111)112(104)83-41-35-55-92(73-83)115(86-43-19-9-20-44-86,87-45-21-10-22-46-87)88-47-23-11-24-48-88/h7-76H,1-6H3. The number of nitrogens with zero attached hydrogens (tertiary/aromatic N) is 3. The van der Waals surface area contributed by atoms with Crippen LogP contribution in [0.1, 0.15) is 52.7 Å². The fraction of sp³-hybridized carbons (Fsp3) is 0.0727. The van der Waals surface area contributed by atoms with E-state index in [1.54, 1.807) is 0 Å². The lowest BCUT2D eigenvalue weighted by Crippen LogP contribution is -2.74. The Kier molecular flexibility index (Phi) is 17.9. The summed E-state index contributed by atoms with van der Waals surface area (Å²) in [6, 6.07) is 163. The summed E-state index contributed by atoms with van der Waals surface area (Å²) in [4.78, 5) is 5.35. The highest BCUT2D eigenvalue weighted by Crippen LogP contribution is 2.49. The van der Waals surface area contributed by atoms with Crippen LogP contribution in [0.15, 0.2) is 425 Å². The lowest BCUT2D eigenvalue weighted by molar-refractivity contribution is 0.590. The number of para-hydroxylation sites is 2. The molecule has 0 atom stereocenters. The molecule has 0 saturated carbocycles. The first-order valence-electron chi connectivity index (χ1n) is 40.8. The molecule has 3 heterocycles. The molecule has 0 aliphatic carbocycles. The number of fused-ring (bicyclic) bond motifs is 7. The second-order valence-electron chi connectivity index (χ2n) is 33.5. The van der Waals surface area contributed by atoms with Gasteiger partial charge in [-0.3, -0.25) is 0 Å². The van der Waals surface area contributed by atoms with Crippen molar-refractivity contribution in [3.05, 3.63) is 436 Å². The third-order valence-electron chi connectivity index (χ3n) is 24.8. The molecule has 116 heavy (non-hydrogen) atoms.